The summed E-state index contributed by atoms with van der Waals surface area (Å²) in [5.41, 5.74) is 0. The zero-order chi connectivity index (χ0) is 16.8. The number of esters is 2. The van der Waals surface area contributed by atoms with Crippen LogP contribution in [0.25, 0.3) is 0 Å². The van der Waals surface area contributed by atoms with E-state index in [4.69, 9.17) is 9.47 Å². The number of rotatable bonds is 12. The van der Waals surface area contributed by atoms with Crippen LogP contribution in [0.2, 0.25) is 0 Å². The van der Waals surface area contributed by atoms with Gasteiger partial charge in [-0.15, -0.1) is 0 Å². The quantitative estimate of drug-likeness (QED) is 0.398. The van der Waals surface area contributed by atoms with E-state index in [0.29, 0.717) is 25.0 Å². The second kappa shape index (κ2) is 13.4. The van der Waals surface area contributed by atoms with Crippen LogP contribution in [0.5, 0.6) is 0 Å². The molecule has 0 saturated heterocycles. The van der Waals surface area contributed by atoms with Crippen molar-refractivity contribution in [3.8, 4) is 0 Å². The van der Waals surface area contributed by atoms with Crippen LogP contribution in [0.4, 0.5) is 0 Å². The van der Waals surface area contributed by atoms with Gasteiger partial charge in [0.2, 0.25) is 0 Å². The van der Waals surface area contributed by atoms with Gasteiger partial charge < -0.3 is 9.47 Å². The molecule has 0 saturated carbocycles. The third-order valence-corrected chi connectivity index (χ3v) is 4.21. The van der Waals surface area contributed by atoms with Crippen molar-refractivity contribution in [1.82, 2.24) is 0 Å². The maximum Gasteiger partial charge on any atom is 0.331 e. The molecule has 4 nitrogen and oxygen atoms in total. The Hall–Kier alpha value is -1.32. The Balaban J connectivity index is 3.84. The summed E-state index contributed by atoms with van der Waals surface area (Å²) < 4.78 is 10.1. The van der Waals surface area contributed by atoms with Crippen LogP contribution in [0.3, 0.4) is 0 Å². The molecular formula is C18H32O4. The van der Waals surface area contributed by atoms with Crippen molar-refractivity contribution in [2.24, 2.45) is 11.8 Å². The Morgan fingerprint density at radius 1 is 0.727 bits per heavy atom. The van der Waals surface area contributed by atoms with Crippen molar-refractivity contribution >= 4 is 11.9 Å². The molecule has 0 spiro atoms. The second-order valence-electron chi connectivity index (χ2n) is 5.61. The van der Waals surface area contributed by atoms with Crippen molar-refractivity contribution in [2.75, 3.05) is 13.2 Å². The Morgan fingerprint density at radius 3 is 1.32 bits per heavy atom. The minimum Gasteiger partial charge on any atom is -0.463 e. The highest BCUT2D eigenvalue weighted by molar-refractivity contribution is 5.91. The molecule has 0 unspecified atom stereocenters. The lowest BCUT2D eigenvalue weighted by atomic mass is 10.0. The van der Waals surface area contributed by atoms with E-state index in [9.17, 15) is 9.59 Å². The number of hydrogen-bond donors (Lipinski definition) is 0. The summed E-state index contributed by atoms with van der Waals surface area (Å²) in [6, 6.07) is 0. The molecule has 0 rings (SSSR count). The summed E-state index contributed by atoms with van der Waals surface area (Å²) in [7, 11) is 0. The lowest BCUT2D eigenvalue weighted by Crippen LogP contribution is -2.09. The van der Waals surface area contributed by atoms with Gasteiger partial charge in [0.25, 0.3) is 0 Å². The van der Waals surface area contributed by atoms with Crippen molar-refractivity contribution in [3.05, 3.63) is 12.2 Å². The van der Waals surface area contributed by atoms with Crippen LogP contribution in [0, 0.1) is 11.8 Å². The van der Waals surface area contributed by atoms with Gasteiger partial charge in [0.05, 0.1) is 13.2 Å². The van der Waals surface area contributed by atoms with Crippen molar-refractivity contribution < 1.29 is 19.1 Å². The fraction of sp³-hybridized carbons (Fsp3) is 0.778. The zero-order valence-electron chi connectivity index (χ0n) is 14.6. The van der Waals surface area contributed by atoms with Gasteiger partial charge in [0.1, 0.15) is 0 Å². The molecule has 22 heavy (non-hydrogen) atoms. The van der Waals surface area contributed by atoms with Crippen LogP contribution in [0.15, 0.2) is 12.2 Å². The number of ether oxygens (including phenoxy) is 2. The fourth-order valence-electron chi connectivity index (χ4n) is 2.28. The van der Waals surface area contributed by atoms with E-state index in [2.05, 4.69) is 27.7 Å². The predicted molar refractivity (Wildman–Crippen MR) is 88.4 cm³/mol. The topological polar surface area (TPSA) is 52.6 Å². The molecule has 0 aliphatic rings. The Morgan fingerprint density at radius 2 is 1.05 bits per heavy atom. The van der Waals surface area contributed by atoms with E-state index in [0.717, 1.165) is 50.7 Å². The third kappa shape index (κ3) is 10.4. The molecule has 0 aromatic carbocycles. The molecule has 0 aromatic rings. The molecular weight excluding hydrogens is 280 g/mol. The predicted octanol–water partition coefficient (Wildman–Crippen LogP) is 4.28. The Kier molecular flexibility index (Phi) is 12.5. The van der Waals surface area contributed by atoms with Gasteiger partial charge in [0.15, 0.2) is 0 Å². The van der Waals surface area contributed by atoms with Crippen LogP contribution in [-0.2, 0) is 19.1 Å². The maximum absolute atomic E-state index is 11.5. The van der Waals surface area contributed by atoms with Gasteiger partial charge in [-0.1, -0.05) is 53.4 Å². The fourth-order valence-corrected chi connectivity index (χ4v) is 2.28. The number of carbonyl (C=O) groups excluding carboxylic acids is 2. The number of carbonyl (C=O) groups is 2. The van der Waals surface area contributed by atoms with E-state index < -0.39 is 11.9 Å². The average molecular weight is 312 g/mol. The Bertz CT molecular complexity index is 296. The largest absolute Gasteiger partial charge is 0.463 e. The van der Waals surface area contributed by atoms with Crippen LogP contribution < -0.4 is 0 Å². The Labute approximate surface area is 135 Å². The molecule has 0 bridgehead atoms. The maximum atomic E-state index is 11.5. The molecule has 0 heterocycles. The lowest BCUT2D eigenvalue weighted by Gasteiger charge is -2.11. The van der Waals surface area contributed by atoms with Gasteiger partial charge in [-0.3, -0.25) is 0 Å². The molecule has 0 N–H and O–H groups in total. The van der Waals surface area contributed by atoms with Gasteiger partial charge in [-0.2, -0.15) is 0 Å². The summed E-state index contributed by atoms with van der Waals surface area (Å²) in [6.45, 7) is 9.33. The molecule has 0 radical (unpaired) electrons. The zero-order valence-corrected chi connectivity index (χ0v) is 14.6. The molecule has 0 atom stereocenters. The van der Waals surface area contributed by atoms with Gasteiger partial charge in [-0.05, 0) is 24.7 Å². The summed E-state index contributed by atoms with van der Waals surface area (Å²) in [5, 5.41) is 0. The first kappa shape index (κ1) is 20.7. The normalized spacial score (nSPS) is 11.4. The molecule has 4 heteroatoms. The van der Waals surface area contributed by atoms with Gasteiger partial charge in [-0.25, -0.2) is 9.59 Å². The molecule has 128 valence electrons. The second-order valence-corrected chi connectivity index (χ2v) is 5.61. The highest BCUT2D eigenvalue weighted by Gasteiger charge is 2.07. The summed E-state index contributed by atoms with van der Waals surface area (Å²) in [4.78, 5) is 22.9. The highest BCUT2D eigenvalue weighted by atomic mass is 16.5. The number of hydrogen-bond acceptors (Lipinski definition) is 4. The van der Waals surface area contributed by atoms with E-state index >= 15 is 0 Å². The summed E-state index contributed by atoms with van der Waals surface area (Å²) in [6.07, 6.45) is 8.39. The molecule has 0 aromatic heterocycles. The van der Waals surface area contributed by atoms with Gasteiger partial charge >= 0.3 is 11.9 Å². The van der Waals surface area contributed by atoms with E-state index in [-0.39, 0.29) is 0 Å². The molecule has 0 aliphatic heterocycles. The lowest BCUT2D eigenvalue weighted by molar-refractivity contribution is -0.140. The minimum atomic E-state index is -0.483. The first-order valence-corrected chi connectivity index (χ1v) is 8.58. The van der Waals surface area contributed by atoms with Crippen LogP contribution >= 0.6 is 0 Å². The highest BCUT2D eigenvalue weighted by Crippen LogP contribution is 2.12. The van der Waals surface area contributed by atoms with Crippen molar-refractivity contribution in [2.45, 2.75) is 66.2 Å². The summed E-state index contributed by atoms with van der Waals surface area (Å²) in [5.74, 6) is 0.212. The monoisotopic (exact) mass is 312 g/mol. The van der Waals surface area contributed by atoms with E-state index in [1.165, 1.54) is 0 Å². The average Bonchev–Trinajstić information content (AvgIpc) is 2.53. The van der Waals surface area contributed by atoms with E-state index in [1.807, 2.05) is 0 Å². The summed E-state index contributed by atoms with van der Waals surface area (Å²) >= 11 is 0. The first-order valence-electron chi connectivity index (χ1n) is 8.58. The molecule has 0 fully saturated rings. The SMILES string of the molecule is CCC(CC)CCOC(=O)/C=C/C(=O)OCCC(CC)CC. The van der Waals surface area contributed by atoms with Crippen LogP contribution in [0.1, 0.15) is 66.2 Å². The standard InChI is InChI=1S/C18H32O4/c1-5-15(6-2)11-13-21-17(19)9-10-18(20)22-14-12-16(7-3)8-4/h9-10,15-16H,5-8,11-14H2,1-4H3/b10-9+. The van der Waals surface area contributed by atoms with Crippen molar-refractivity contribution in [1.29, 1.82) is 0 Å². The van der Waals surface area contributed by atoms with Crippen molar-refractivity contribution in [3.63, 3.8) is 0 Å². The molecule has 0 aliphatic carbocycles. The van der Waals surface area contributed by atoms with E-state index in [1.54, 1.807) is 0 Å². The van der Waals surface area contributed by atoms with Gasteiger partial charge in [0, 0.05) is 12.2 Å². The van der Waals surface area contributed by atoms with Crippen LogP contribution in [-0.4, -0.2) is 25.2 Å². The molecule has 0 amide bonds. The minimum absolute atomic E-state index is 0.402. The first-order chi connectivity index (χ1) is 10.6. The smallest absolute Gasteiger partial charge is 0.331 e. The third-order valence-electron chi connectivity index (χ3n) is 4.21.